The monoisotopic (exact) mass is 234 g/mol. The molecule has 0 saturated carbocycles. The van der Waals surface area contributed by atoms with Gasteiger partial charge in [-0.1, -0.05) is 0 Å². The molecule has 6 nitrogen and oxygen atoms in total. The Morgan fingerprint density at radius 1 is 1.41 bits per heavy atom. The van der Waals surface area contributed by atoms with Crippen LogP contribution in [-0.2, 0) is 0 Å². The minimum Gasteiger partial charge on any atom is -0.480 e. The lowest BCUT2D eigenvalue weighted by Crippen LogP contribution is -2.30. The maximum Gasteiger partial charge on any atom is 0.237 e. The number of hydrogen-bond donors (Lipinski definition) is 2. The van der Waals surface area contributed by atoms with E-state index in [0.717, 1.165) is 5.56 Å². The summed E-state index contributed by atoms with van der Waals surface area (Å²) in [6.45, 7) is 1.94. The van der Waals surface area contributed by atoms with Crippen molar-refractivity contribution in [3.05, 3.63) is 41.7 Å². The summed E-state index contributed by atoms with van der Waals surface area (Å²) < 4.78 is 10.6. The van der Waals surface area contributed by atoms with Gasteiger partial charge < -0.3 is 9.15 Å². The van der Waals surface area contributed by atoms with Gasteiger partial charge in [-0.3, -0.25) is 10.8 Å². The summed E-state index contributed by atoms with van der Waals surface area (Å²) in [5.74, 6) is 6.68. The third kappa shape index (κ3) is 2.13. The van der Waals surface area contributed by atoms with Gasteiger partial charge in [-0.2, -0.15) is 0 Å². The summed E-state index contributed by atoms with van der Waals surface area (Å²) in [6, 6.07) is 1.48. The summed E-state index contributed by atoms with van der Waals surface area (Å²) in [5.41, 5.74) is 4.24. The molecule has 0 bridgehead atoms. The van der Waals surface area contributed by atoms with Crippen molar-refractivity contribution in [2.45, 2.75) is 13.0 Å². The molecule has 2 heterocycles. The molecule has 2 aromatic rings. The summed E-state index contributed by atoms with van der Waals surface area (Å²) in [7, 11) is 1.54. The molecule has 0 fully saturated rings. The lowest BCUT2D eigenvalue weighted by atomic mass is 10.1. The molecule has 2 aromatic heterocycles. The molecule has 0 aliphatic carbocycles. The van der Waals surface area contributed by atoms with Crippen molar-refractivity contribution in [2.24, 2.45) is 5.84 Å². The number of nitrogens with one attached hydrogen (secondary N) is 1. The van der Waals surface area contributed by atoms with Gasteiger partial charge in [0.1, 0.15) is 17.5 Å². The average molecular weight is 234 g/mol. The Kier molecular flexibility index (Phi) is 3.36. The molecule has 3 N–H and O–H groups in total. The largest absolute Gasteiger partial charge is 0.480 e. The Hall–Kier alpha value is -1.92. The quantitative estimate of drug-likeness (QED) is 0.604. The summed E-state index contributed by atoms with van der Waals surface area (Å²) in [6.07, 6.45) is 4.75. The highest BCUT2D eigenvalue weighted by molar-refractivity contribution is 5.31. The molecule has 6 heteroatoms. The molecule has 0 aliphatic heterocycles. The minimum atomic E-state index is -0.381. The average Bonchev–Trinajstić information content (AvgIpc) is 2.78. The summed E-state index contributed by atoms with van der Waals surface area (Å²) in [5, 5.41) is 0. The van der Waals surface area contributed by atoms with E-state index in [-0.39, 0.29) is 6.04 Å². The number of ether oxygens (including phenoxy) is 1. The molecule has 1 unspecified atom stereocenters. The first-order valence-electron chi connectivity index (χ1n) is 5.13. The van der Waals surface area contributed by atoms with Gasteiger partial charge in [-0.25, -0.2) is 10.4 Å². The van der Waals surface area contributed by atoms with E-state index >= 15 is 0 Å². The molecule has 2 rings (SSSR count). The van der Waals surface area contributed by atoms with Crippen molar-refractivity contribution >= 4 is 0 Å². The Morgan fingerprint density at radius 3 is 2.76 bits per heavy atom. The second kappa shape index (κ2) is 4.94. The van der Waals surface area contributed by atoms with Gasteiger partial charge in [-0.15, -0.1) is 0 Å². The minimum absolute atomic E-state index is 0.381. The van der Waals surface area contributed by atoms with Crippen molar-refractivity contribution < 1.29 is 9.15 Å². The number of rotatable bonds is 4. The van der Waals surface area contributed by atoms with Crippen LogP contribution in [0.4, 0.5) is 0 Å². The van der Waals surface area contributed by atoms with Crippen LogP contribution in [0.1, 0.15) is 23.1 Å². The van der Waals surface area contributed by atoms with E-state index < -0.39 is 0 Å². The fourth-order valence-electron chi connectivity index (χ4n) is 1.65. The standard InChI is InChI=1S/C11H14N4O2/c1-7-3-6-17-10(7)8(15-12)9-11(16-2)14-5-4-13-9/h3-6,8,15H,12H2,1-2H3. The number of aromatic nitrogens is 2. The number of hydrazine groups is 1. The zero-order chi connectivity index (χ0) is 12.3. The Bertz CT molecular complexity index is 498. The van der Waals surface area contributed by atoms with Gasteiger partial charge >= 0.3 is 0 Å². The molecule has 17 heavy (non-hydrogen) atoms. The van der Waals surface area contributed by atoms with Gasteiger partial charge in [0.15, 0.2) is 0 Å². The molecular weight excluding hydrogens is 220 g/mol. The first-order valence-corrected chi connectivity index (χ1v) is 5.13. The highest BCUT2D eigenvalue weighted by atomic mass is 16.5. The smallest absolute Gasteiger partial charge is 0.237 e. The van der Waals surface area contributed by atoms with Crippen LogP contribution < -0.4 is 16.0 Å². The number of hydrogen-bond acceptors (Lipinski definition) is 6. The SMILES string of the molecule is COc1nccnc1C(NN)c1occc1C. The summed E-state index contributed by atoms with van der Waals surface area (Å²) >= 11 is 0. The first-order chi connectivity index (χ1) is 8.27. The van der Waals surface area contributed by atoms with Crippen molar-refractivity contribution in [1.82, 2.24) is 15.4 Å². The number of aryl methyl sites for hydroxylation is 1. The molecule has 0 saturated heterocycles. The Balaban J connectivity index is 2.46. The molecule has 0 amide bonds. The van der Waals surface area contributed by atoms with Gasteiger partial charge in [0, 0.05) is 12.4 Å². The van der Waals surface area contributed by atoms with Crippen LogP contribution >= 0.6 is 0 Å². The van der Waals surface area contributed by atoms with E-state index in [2.05, 4.69) is 15.4 Å². The normalized spacial score (nSPS) is 12.4. The number of nitrogens with zero attached hydrogens (tertiary/aromatic N) is 2. The maximum absolute atomic E-state index is 5.56. The molecule has 0 aliphatic rings. The Labute approximate surface area is 98.8 Å². The van der Waals surface area contributed by atoms with Crippen molar-refractivity contribution in [2.75, 3.05) is 7.11 Å². The van der Waals surface area contributed by atoms with Crippen LogP contribution in [-0.4, -0.2) is 17.1 Å². The predicted octanol–water partition coefficient (Wildman–Crippen LogP) is 0.939. The zero-order valence-corrected chi connectivity index (χ0v) is 9.68. The van der Waals surface area contributed by atoms with Gasteiger partial charge in [0.2, 0.25) is 5.88 Å². The maximum atomic E-state index is 5.56. The van der Waals surface area contributed by atoms with E-state index in [0.29, 0.717) is 17.3 Å². The highest BCUT2D eigenvalue weighted by Gasteiger charge is 2.23. The number of furan rings is 1. The summed E-state index contributed by atoms with van der Waals surface area (Å²) in [4.78, 5) is 8.31. The highest BCUT2D eigenvalue weighted by Crippen LogP contribution is 2.28. The molecule has 0 aromatic carbocycles. The third-order valence-electron chi connectivity index (χ3n) is 2.49. The molecule has 90 valence electrons. The van der Waals surface area contributed by atoms with Gasteiger partial charge in [0.05, 0.1) is 13.4 Å². The fourth-order valence-corrected chi connectivity index (χ4v) is 1.65. The van der Waals surface area contributed by atoms with Gasteiger partial charge in [-0.05, 0) is 18.6 Å². The van der Waals surface area contributed by atoms with Crippen LogP contribution in [0.15, 0.2) is 29.1 Å². The fraction of sp³-hybridized carbons (Fsp3) is 0.273. The van der Waals surface area contributed by atoms with Crippen molar-refractivity contribution in [3.8, 4) is 5.88 Å². The number of methoxy groups -OCH3 is 1. The second-order valence-electron chi connectivity index (χ2n) is 3.52. The van der Waals surface area contributed by atoms with Crippen LogP contribution in [0.5, 0.6) is 5.88 Å². The lowest BCUT2D eigenvalue weighted by Gasteiger charge is -2.15. The molecule has 0 spiro atoms. The van der Waals surface area contributed by atoms with Crippen molar-refractivity contribution in [3.63, 3.8) is 0 Å². The second-order valence-corrected chi connectivity index (χ2v) is 3.52. The lowest BCUT2D eigenvalue weighted by molar-refractivity contribution is 0.372. The molecule has 0 radical (unpaired) electrons. The number of nitrogens with two attached hydrogens (primary N) is 1. The van der Waals surface area contributed by atoms with E-state index in [4.69, 9.17) is 15.0 Å². The zero-order valence-electron chi connectivity index (χ0n) is 9.68. The third-order valence-corrected chi connectivity index (χ3v) is 2.49. The van der Waals surface area contributed by atoms with Crippen LogP contribution in [0.3, 0.4) is 0 Å². The van der Waals surface area contributed by atoms with E-state index in [1.165, 1.54) is 7.11 Å². The van der Waals surface area contributed by atoms with Crippen LogP contribution in [0, 0.1) is 6.92 Å². The predicted molar refractivity (Wildman–Crippen MR) is 61.2 cm³/mol. The van der Waals surface area contributed by atoms with E-state index in [9.17, 15) is 0 Å². The van der Waals surface area contributed by atoms with E-state index in [1.807, 2.05) is 13.0 Å². The molecule has 1 atom stereocenters. The van der Waals surface area contributed by atoms with E-state index in [1.54, 1.807) is 18.7 Å². The van der Waals surface area contributed by atoms with Crippen LogP contribution in [0.2, 0.25) is 0 Å². The Morgan fingerprint density at radius 2 is 2.18 bits per heavy atom. The van der Waals surface area contributed by atoms with Gasteiger partial charge in [0.25, 0.3) is 0 Å². The molecular formula is C11H14N4O2. The first kappa shape index (κ1) is 11.6. The van der Waals surface area contributed by atoms with Crippen LogP contribution in [0.25, 0.3) is 0 Å². The van der Waals surface area contributed by atoms with Crippen molar-refractivity contribution in [1.29, 1.82) is 0 Å². The topological polar surface area (TPSA) is 86.2 Å².